The third-order valence-electron chi connectivity index (χ3n) is 2.60. The number of rotatable bonds is 5. The van der Waals surface area contributed by atoms with E-state index in [1.165, 1.54) is 0 Å². The van der Waals surface area contributed by atoms with Gasteiger partial charge in [-0.25, -0.2) is 8.42 Å². The molecule has 0 aromatic rings. The highest BCUT2D eigenvalue weighted by molar-refractivity contribution is 7.89. The van der Waals surface area contributed by atoms with Gasteiger partial charge in [-0.05, 0) is 6.42 Å². The molecule has 1 rings (SSSR count). The predicted molar refractivity (Wildman–Crippen MR) is 67.2 cm³/mol. The zero-order chi connectivity index (χ0) is 14.7. The van der Waals surface area contributed by atoms with Crippen LogP contribution in [0.25, 0.3) is 0 Å². The second-order valence-electron chi connectivity index (χ2n) is 4.15. The van der Waals surface area contributed by atoms with Crippen LogP contribution in [-0.4, -0.2) is 55.4 Å². The fraction of sp³-hybridized carbons (Fsp3) is 0.889. The molecular weight excluding hydrogens is 305 g/mol. The number of ether oxygens (including phenoxy) is 1. The van der Waals surface area contributed by atoms with E-state index >= 15 is 0 Å². The molecule has 0 aromatic carbocycles. The van der Waals surface area contributed by atoms with Crippen LogP contribution in [0.2, 0.25) is 0 Å². The number of nitrogens with two attached hydrogens (primary N) is 1. The molecule has 1 saturated heterocycles. The first kappa shape index (κ1) is 16.6. The third-order valence-corrected chi connectivity index (χ3v) is 4.79. The average Bonchev–Trinajstić information content (AvgIpc) is 2.27. The van der Waals surface area contributed by atoms with Gasteiger partial charge in [0.15, 0.2) is 0 Å². The van der Waals surface area contributed by atoms with Gasteiger partial charge in [-0.2, -0.15) is 17.5 Å². The second-order valence-corrected chi connectivity index (χ2v) is 6.71. The Morgan fingerprint density at radius 2 is 2.11 bits per heavy atom. The smallest absolute Gasteiger partial charge is 0.389 e. The van der Waals surface area contributed by atoms with Gasteiger partial charge in [0.2, 0.25) is 10.0 Å². The normalized spacial score (nSPS) is 22.4. The summed E-state index contributed by atoms with van der Waals surface area (Å²) in [5.74, 6) is -0.545. The van der Waals surface area contributed by atoms with Gasteiger partial charge in [0.25, 0.3) is 0 Å². The van der Waals surface area contributed by atoms with Crippen LogP contribution in [0, 0.1) is 0 Å². The zero-order valence-electron chi connectivity index (χ0n) is 10.0. The molecule has 2 N–H and O–H groups in total. The molecule has 112 valence electrons. The molecule has 0 radical (unpaired) electrons. The summed E-state index contributed by atoms with van der Waals surface area (Å²) in [7, 11) is -3.73. The summed E-state index contributed by atoms with van der Waals surface area (Å²) in [6, 6.07) is 0. The van der Waals surface area contributed by atoms with Crippen LogP contribution in [0.15, 0.2) is 0 Å². The molecule has 1 unspecified atom stereocenters. The second kappa shape index (κ2) is 6.33. The van der Waals surface area contributed by atoms with Crippen molar-refractivity contribution in [2.75, 3.05) is 25.4 Å². The van der Waals surface area contributed by atoms with Crippen LogP contribution in [0.1, 0.15) is 12.8 Å². The van der Waals surface area contributed by atoms with E-state index in [4.69, 9.17) is 22.7 Å². The van der Waals surface area contributed by atoms with Gasteiger partial charge >= 0.3 is 6.18 Å². The maximum Gasteiger partial charge on any atom is 0.389 e. The van der Waals surface area contributed by atoms with E-state index in [-0.39, 0.29) is 24.7 Å². The summed E-state index contributed by atoms with van der Waals surface area (Å²) in [5.41, 5.74) is 5.37. The van der Waals surface area contributed by atoms with Gasteiger partial charge in [0, 0.05) is 19.5 Å². The van der Waals surface area contributed by atoms with Crippen LogP contribution in [0.5, 0.6) is 0 Å². The first-order valence-corrected chi connectivity index (χ1v) is 7.59. The lowest BCUT2D eigenvalue weighted by Crippen LogP contribution is -2.50. The number of alkyl halides is 3. The van der Waals surface area contributed by atoms with E-state index in [1.807, 2.05) is 0 Å². The summed E-state index contributed by atoms with van der Waals surface area (Å²) in [6.07, 6.45) is -6.60. The van der Waals surface area contributed by atoms with Crippen LogP contribution in [0.4, 0.5) is 13.2 Å². The van der Waals surface area contributed by atoms with Crippen molar-refractivity contribution < 1.29 is 26.3 Å². The van der Waals surface area contributed by atoms with Crippen molar-refractivity contribution in [2.45, 2.75) is 25.1 Å². The lowest BCUT2D eigenvalue weighted by Gasteiger charge is -2.31. The Morgan fingerprint density at radius 3 is 2.63 bits per heavy atom. The fourth-order valence-corrected chi connectivity index (χ4v) is 3.26. The average molecular weight is 320 g/mol. The summed E-state index contributed by atoms with van der Waals surface area (Å²) >= 11 is 4.71. The molecule has 1 aliphatic rings. The molecule has 1 atom stereocenters. The maximum atomic E-state index is 12.0. The van der Waals surface area contributed by atoms with Crippen LogP contribution in [0.3, 0.4) is 0 Å². The minimum absolute atomic E-state index is 0.0372. The molecule has 1 fully saturated rings. The standard InChI is InChI=1S/C9H15F3N2O3S2/c10-9(11,12)2-1-5-19(15,16)14-3-4-17-7(6-14)8(13)18/h7H,1-6H2,(H2,13,18). The largest absolute Gasteiger partial charge is 0.391 e. The highest BCUT2D eigenvalue weighted by Crippen LogP contribution is 2.22. The topological polar surface area (TPSA) is 72.6 Å². The van der Waals surface area contributed by atoms with Crippen LogP contribution >= 0.6 is 12.2 Å². The van der Waals surface area contributed by atoms with Crippen LogP contribution in [-0.2, 0) is 14.8 Å². The van der Waals surface area contributed by atoms with Gasteiger partial charge in [-0.15, -0.1) is 0 Å². The van der Waals surface area contributed by atoms with E-state index in [0.717, 1.165) is 4.31 Å². The lowest BCUT2D eigenvalue weighted by atomic mass is 10.3. The van der Waals surface area contributed by atoms with Crippen molar-refractivity contribution in [2.24, 2.45) is 5.73 Å². The highest BCUT2D eigenvalue weighted by atomic mass is 32.2. The molecule has 0 spiro atoms. The molecule has 0 bridgehead atoms. The number of halogens is 3. The molecule has 0 aliphatic carbocycles. The fourth-order valence-electron chi connectivity index (χ4n) is 1.63. The summed E-state index contributed by atoms with van der Waals surface area (Å²) in [5, 5.41) is 0. The Labute approximate surface area is 114 Å². The monoisotopic (exact) mass is 320 g/mol. The summed E-state index contributed by atoms with van der Waals surface area (Å²) in [4.78, 5) is 0.0372. The molecule has 5 nitrogen and oxygen atoms in total. The molecule has 0 amide bonds. The van der Waals surface area contributed by atoms with Gasteiger partial charge in [0.1, 0.15) is 11.1 Å². The van der Waals surface area contributed by atoms with E-state index in [1.54, 1.807) is 0 Å². The Kier molecular flexibility index (Phi) is 5.53. The predicted octanol–water partition coefficient (Wildman–Crippen LogP) is 0.646. The minimum Gasteiger partial charge on any atom is -0.391 e. The highest BCUT2D eigenvalue weighted by Gasteiger charge is 2.32. The van der Waals surface area contributed by atoms with Gasteiger partial charge in [-0.1, -0.05) is 12.2 Å². The van der Waals surface area contributed by atoms with E-state index < -0.39 is 40.9 Å². The molecule has 0 saturated carbocycles. The van der Waals surface area contributed by atoms with Gasteiger partial charge < -0.3 is 10.5 Å². The lowest BCUT2D eigenvalue weighted by molar-refractivity contribution is -0.134. The molecule has 19 heavy (non-hydrogen) atoms. The Balaban J connectivity index is 2.55. The molecule has 1 aliphatic heterocycles. The number of hydrogen-bond acceptors (Lipinski definition) is 4. The SMILES string of the molecule is NC(=S)C1CN(S(=O)(=O)CCCC(F)(F)F)CCO1. The van der Waals surface area contributed by atoms with E-state index in [0.29, 0.717) is 0 Å². The number of sulfonamides is 1. The summed E-state index contributed by atoms with van der Waals surface area (Å²) < 4.78 is 65.9. The van der Waals surface area contributed by atoms with Crippen molar-refractivity contribution >= 4 is 27.2 Å². The third kappa shape index (κ3) is 5.59. The number of morpholine rings is 1. The molecule has 0 aromatic heterocycles. The number of hydrogen-bond donors (Lipinski definition) is 1. The van der Waals surface area contributed by atoms with E-state index in [2.05, 4.69) is 0 Å². The van der Waals surface area contributed by atoms with Crippen molar-refractivity contribution in [3.63, 3.8) is 0 Å². The van der Waals surface area contributed by atoms with Crippen molar-refractivity contribution in [3.05, 3.63) is 0 Å². The van der Waals surface area contributed by atoms with Gasteiger partial charge in [-0.3, -0.25) is 0 Å². The zero-order valence-corrected chi connectivity index (χ0v) is 11.7. The van der Waals surface area contributed by atoms with Crippen molar-refractivity contribution in [1.29, 1.82) is 0 Å². The first-order valence-electron chi connectivity index (χ1n) is 5.57. The minimum atomic E-state index is -4.35. The number of nitrogens with zero attached hydrogens (tertiary/aromatic N) is 1. The summed E-state index contributed by atoms with van der Waals surface area (Å²) in [6.45, 7) is 0.192. The van der Waals surface area contributed by atoms with E-state index in [9.17, 15) is 21.6 Å². The molecule has 10 heteroatoms. The Hall–Kier alpha value is -0.450. The Morgan fingerprint density at radius 1 is 1.47 bits per heavy atom. The Bertz CT molecular complexity index is 425. The van der Waals surface area contributed by atoms with Gasteiger partial charge in [0.05, 0.1) is 12.4 Å². The number of thiocarbonyl (C=S) groups is 1. The van der Waals surface area contributed by atoms with Crippen molar-refractivity contribution in [3.8, 4) is 0 Å². The van der Waals surface area contributed by atoms with Crippen LogP contribution < -0.4 is 5.73 Å². The molecule has 1 heterocycles. The molecular formula is C9H15F3N2O3S2. The first-order chi connectivity index (χ1) is 8.62. The maximum absolute atomic E-state index is 12.0. The quantitative estimate of drug-likeness (QED) is 0.753. The van der Waals surface area contributed by atoms with Crippen molar-refractivity contribution in [1.82, 2.24) is 4.31 Å².